The smallest absolute Gasteiger partial charge is 0.406 e. The van der Waals surface area contributed by atoms with Gasteiger partial charge in [0.25, 0.3) is 0 Å². The molecule has 0 saturated carbocycles. The van der Waals surface area contributed by atoms with Gasteiger partial charge < -0.3 is 14.4 Å². The summed E-state index contributed by atoms with van der Waals surface area (Å²) in [6, 6.07) is 13.5. The summed E-state index contributed by atoms with van der Waals surface area (Å²) < 4.78 is 48.3. The quantitative estimate of drug-likeness (QED) is 0.612. The molecule has 0 aliphatic carbocycles. The lowest BCUT2D eigenvalue weighted by Gasteiger charge is -2.48. The van der Waals surface area contributed by atoms with Crippen molar-refractivity contribution in [2.24, 2.45) is 5.92 Å². The standard InChI is InChI=1S/C24H24F3N3O3/c1-15(2)16(3)29-21(18-5-4-6-20(11-18)33-24(25,26)27)23(13-32-14-23)30(22(29)31)19-9-7-17(12-28)8-10-19/h4-11,15-16,21H,13-14H2,1-3H3/t16-,21?/m0/s1. The lowest BCUT2D eigenvalue weighted by Crippen LogP contribution is -2.62. The van der Waals surface area contributed by atoms with Gasteiger partial charge >= 0.3 is 12.4 Å². The van der Waals surface area contributed by atoms with Crippen molar-refractivity contribution in [1.29, 1.82) is 5.26 Å². The molecule has 0 aromatic heterocycles. The normalized spacial score (nSPS) is 20.7. The molecule has 1 unspecified atom stereocenters. The number of alkyl halides is 3. The van der Waals surface area contributed by atoms with E-state index in [4.69, 9.17) is 10.00 Å². The summed E-state index contributed by atoms with van der Waals surface area (Å²) in [5, 5.41) is 9.13. The van der Waals surface area contributed by atoms with Gasteiger partial charge in [-0.15, -0.1) is 13.2 Å². The van der Waals surface area contributed by atoms with E-state index in [0.29, 0.717) is 16.8 Å². The zero-order valence-corrected chi connectivity index (χ0v) is 18.5. The van der Waals surface area contributed by atoms with Crippen molar-refractivity contribution in [3.63, 3.8) is 0 Å². The zero-order chi connectivity index (χ0) is 24.0. The van der Waals surface area contributed by atoms with Crippen molar-refractivity contribution in [3.05, 3.63) is 59.7 Å². The largest absolute Gasteiger partial charge is 0.573 e. The van der Waals surface area contributed by atoms with Crippen molar-refractivity contribution in [1.82, 2.24) is 4.90 Å². The molecule has 2 saturated heterocycles. The zero-order valence-electron chi connectivity index (χ0n) is 18.5. The number of ether oxygens (including phenoxy) is 2. The summed E-state index contributed by atoms with van der Waals surface area (Å²) >= 11 is 0. The number of anilines is 1. The van der Waals surface area contributed by atoms with Crippen LogP contribution in [0.15, 0.2) is 48.5 Å². The van der Waals surface area contributed by atoms with E-state index in [9.17, 15) is 18.0 Å². The van der Waals surface area contributed by atoms with E-state index in [2.05, 4.69) is 10.8 Å². The number of amides is 2. The second-order valence-electron chi connectivity index (χ2n) is 8.79. The maximum absolute atomic E-state index is 13.8. The molecular formula is C24H24F3N3O3. The first-order valence-electron chi connectivity index (χ1n) is 10.6. The van der Waals surface area contributed by atoms with Crippen LogP contribution in [0.4, 0.5) is 23.7 Å². The number of rotatable bonds is 5. The fourth-order valence-corrected chi connectivity index (χ4v) is 4.53. The first-order valence-corrected chi connectivity index (χ1v) is 10.6. The van der Waals surface area contributed by atoms with Crippen LogP contribution in [0.5, 0.6) is 5.75 Å². The molecule has 2 amide bonds. The van der Waals surface area contributed by atoms with Crippen molar-refractivity contribution in [3.8, 4) is 11.8 Å². The van der Waals surface area contributed by atoms with Crippen LogP contribution in [0.25, 0.3) is 0 Å². The summed E-state index contributed by atoms with van der Waals surface area (Å²) in [6.45, 7) is 6.38. The van der Waals surface area contributed by atoms with E-state index in [1.54, 1.807) is 40.1 Å². The van der Waals surface area contributed by atoms with Crippen LogP contribution in [-0.4, -0.2) is 42.1 Å². The molecular weight excluding hydrogens is 435 g/mol. The number of carbonyl (C=O) groups excluding carboxylic acids is 1. The van der Waals surface area contributed by atoms with Gasteiger partial charge in [-0.2, -0.15) is 5.26 Å². The predicted molar refractivity (Wildman–Crippen MR) is 115 cm³/mol. The number of nitrogens with zero attached hydrogens (tertiary/aromatic N) is 3. The lowest BCUT2D eigenvalue weighted by molar-refractivity contribution is -0.274. The second kappa shape index (κ2) is 8.27. The van der Waals surface area contributed by atoms with Gasteiger partial charge in [-0.1, -0.05) is 26.0 Å². The average Bonchev–Trinajstić information content (AvgIpc) is 3.01. The molecule has 2 aliphatic rings. The molecule has 2 heterocycles. The molecule has 1 spiro atoms. The van der Waals surface area contributed by atoms with E-state index in [-0.39, 0.29) is 37.0 Å². The third-order valence-corrected chi connectivity index (χ3v) is 6.41. The second-order valence-corrected chi connectivity index (χ2v) is 8.79. The van der Waals surface area contributed by atoms with E-state index in [1.807, 2.05) is 20.8 Å². The topological polar surface area (TPSA) is 65.8 Å². The molecule has 174 valence electrons. The monoisotopic (exact) mass is 459 g/mol. The Morgan fingerprint density at radius 2 is 1.82 bits per heavy atom. The Kier molecular flexibility index (Phi) is 5.74. The Balaban J connectivity index is 1.83. The van der Waals surface area contributed by atoms with Gasteiger partial charge in [0.1, 0.15) is 11.3 Å². The molecule has 2 fully saturated rings. The molecule has 6 nitrogen and oxygen atoms in total. The van der Waals surface area contributed by atoms with Crippen LogP contribution in [0.2, 0.25) is 0 Å². The third-order valence-electron chi connectivity index (χ3n) is 6.41. The molecule has 0 bridgehead atoms. The van der Waals surface area contributed by atoms with Gasteiger partial charge in [-0.05, 0) is 54.8 Å². The van der Waals surface area contributed by atoms with Crippen LogP contribution < -0.4 is 9.64 Å². The highest BCUT2D eigenvalue weighted by atomic mass is 19.4. The maximum Gasteiger partial charge on any atom is 0.573 e. The Labute approximate surface area is 190 Å². The van der Waals surface area contributed by atoms with Crippen molar-refractivity contribution < 1.29 is 27.4 Å². The SMILES string of the molecule is CC(C)[C@H](C)N1C(=O)N(c2ccc(C#N)cc2)C2(COC2)C1c1cccc(OC(F)(F)F)c1. The summed E-state index contributed by atoms with van der Waals surface area (Å²) in [4.78, 5) is 17.2. The number of hydrogen-bond donors (Lipinski definition) is 0. The highest BCUT2D eigenvalue weighted by Crippen LogP contribution is 2.51. The van der Waals surface area contributed by atoms with E-state index in [0.717, 1.165) is 0 Å². The number of benzene rings is 2. The predicted octanol–water partition coefficient (Wildman–Crippen LogP) is 5.25. The van der Waals surface area contributed by atoms with Gasteiger partial charge in [0.15, 0.2) is 0 Å². The van der Waals surface area contributed by atoms with Gasteiger partial charge in [-0.3, -0.25) is 4.90 Å². The Morgan fingerprint density at radius 3 is 2.33 bits per heavy atom. The van der Waals surface area contributed by atoms with Crippen LogP contribution in [0.3, 0.4) is 0 Å². The molecule has 9 heteroatoms. The number of nitriles is 1. The molecule has 2 atom stereocenters. The maximum atomic E-state index is 13.8. The summed E-state index contributed by atoms with van der Waals surface area (Å²) in [7, 11) is 0. The fraction of sp³-hybridized carbons (Fsp3) is 0.417. The molecule has 2 aromatic carbocycles. The molecule has 2 aromatic rings. The molecule has 0 N–H and O–H groups in total. The summed E-state index contributed by atoms with van der Waals surface area (Å²) in [5.74, 6) is -0.234. The molecule has 4 rings (SSSR count). The Morgan fingerprint density at radius 1 is 1.15 bits per heavy atom. The Bertz CT molecular complexity index is 1070. The minimum absolute atomic E-state index is 0.102. The number of carbonyl (C=O) groups is 1. The van der Waals surface area contributed by atoms with E-state index >= 15 is 0 Å². The van der Waals surface area contributed by atoms with Gasteiger partial charge in [0.05, 0.1) is 30.9 Å². The van der Waals surface area contributed by atoms with Gasteiger partial charge in [0.2, 0.25) is 0 Å². The highest BCUT2D eigenvalue weighted by Gasteiger charge is 2.63. The number of hydrogen-bond acceptors (Lipinski definition) is 4. The Hall–Kier alpha value is -3.25. The molecule has 0 radical (unpaired) electrons. The summed E-state index contributed by atoms with van der Waals surface area (Å²) in [5.41, 5.74) is 0.807. The molecule has 2 aliphatic heterocycles. The fourth-order valence-electron chi connectivity index (χ4n) is 4.53. The molecule has 33 heavy (non-hydrogen) atoms. The van der Waals surface area contributed by atoms with Crippen molar-refractivity contribution in [2.45, 2.75) is 44.8 Å². The highest BCUT2D eigenvalue weighted by molar-refractivity contribution is 5.98. The van der Waals surface area contributed by atoms with Crippen molar-refractivity contribution >= 4 is 11.7 Å². The van der Waals surface area contributed by atoms with Gasteiger partial charge in [0, 0.05) is 11.7 Å². The van der Waals surface area contributed by atoms with Crippen molar-refractivity contribution in [2.75, 3.05) is 18.1 Å². The third kappa shape index (κ3) is 4.00. The van der Waals surface area contributed by atoms with Crippen LogP contribution in [0, 0.1) is 17.2 Å². The number of halogens is 3. The number of urea groups is 1. The minimum Gasteiger partial charge on any atom is -0.406 e. The average molecular weight is 459 g/mol. The van der Waals surface area contributed by atoms with Crippen LogP contribution in [-0.2, 0) is 4.74 Å². The van der Waals surface area contributed by atoms with Crippen LogP contribution >= 0.6 is 0 Å². The first-order chi connectivity index (χ1) is 15.6. The van der Waals surface area contributed by atoms with E-state index in [1.165, 1.54) is 18.2 Å². The van der Waals surface area contributed by atoms with Gasteiger partial charge in [-0.25, -0.2) is 4.79 Å². The van der Waals surface area contributed by atoms with E-state index < -0.39 is 17.9 Å². The minimum atomic E-state index is -4.82. The summed E-state index contributed by atoms with van der Waals surface area (Å²) in [6.07, 6.45) is -4.82. The first kappa shape index (κ1) is 22.9. The van der Waals surface area contributed by atoms with Crippen LogP contribution in [0.1, 0.15) is 37.9 Å². The lowest BCUT2D eigenvalue weighted by atomic mass is 9.81.